The van der Waals surface area contributed by atoms with Crippen molar-refractivity contribution < 1.29 is 19.0 Å². The van der Waals surface area contributed by atoms with Crippen LogP contribution < -0.4 is 24.8 Å². The molecule has 0 atom stereocenters. The molecule has 6 nitrogen and oxygen atoms in total. The van der Waals surface area contributed by atoms with Crippen molar-refractivity contribution >= 4 is 11.7 Å². The SMILES string of the molecule is COc1cccc(CNC(=O)Nc2ccc3c(c2)OCCO3)c1. The van der Waals surface area contributed by atoms with Crippen LogP contribution in [0.3, 0.4) is 0 Å². The molecule has 1 heterocycles. The summed E-state index contributed by atoms with van der Waals surface area (Å²) in [7, 11) is 1.61. The molecule has 2 aromatic rings. The van der Waals surface area contributed by atoms with Gasteiger partial charge in [0.05, 0.1) is 7.11 Å². The van der Waals surface area contributed by atoms with Gasteiger partial charge in [0.15, 0.2) is 11.5 Å². The zero-order valence-electron chi connectivity index (χ0n) is 12.8. The summed E-state index contributed by atoms with van der Waals surface area (Å²) in [6, 6.07) is 12.6. The van der Waals surface area contributed by atoms with Crippen LogP contribution in [0.2, 0.25) is 0 Å². The van der Waals surface area contributed by atoms with E-state index in [2.05, 4.69) is 10.6 Å². The van der Waals surface area contributed by atoms with E-state index in [1.807, 2.05) is 24.3 Å². The third kappa shape index (κ3) is 3.85. The molecule has 0 aliphatic carbocycles. The molecule has 0 bridgehead atoms. The topological polar surface area (TPSA) is 68.8 Å². The van der Waals surface area contributed by atoms with Crippen LogP contribution in [0, 0.1) is 0 Å². The molecule has 2 N–H and O–H groups in total. The van der Waals surface area contributed by atoms with E-state index < -0.39 is 0 Å². The number of fused-ring (bicyclic) bond motifs is 1. The summed E-state index contributed by atoms with van der Waals surface area (Å²) < 4.78 is 16.1. The van der Waals surface area contributed by atoms with Crippen molar-refractivity contribution in [3.63, 3.8) is 0 Å². The fourth-order valence-corrected chi connectivity index (χ4v) is 2.26. The van der Waals surface area contributed by atoms with E-state index in [0.29, 0.717) is 36.9 Å². The maximum atomic E-state index is 12.0. The Morgan fingerprint density at radius 1 is 1.13 bits per heavy atom. The summed E-state index contributed by atoms with van der Waals surface area (Å²) >= 11 is 0. The summed E-state index contributed by atoms with van der Waals surface area (Å²) in [6.45, 7) is 1.47. The van der Waals surface area contributed by atoms with Gasteiger partial charge >= 0.3 is 6.03 Å². The van der Waals surface area contributed by atoms with E-state index in [0.717, 1.165) is 11.3 Å². The van der Waals surface area contributed by atoms with Crippen LogP contribution in [0.5, 0.6) is 17.2 Å². The molecule has 23 heavy (non-hydrogen) atoms. The maximum absolute atomic E-state index is 12.0. The molecule has 0 saturated heterocycles. The number of nitrogens with one attached hydrogen (secondary N) is 2. The average molecular weight is 314 g/mol. The number of urea groups is 1. The molecule has 0 fully saturated rings. The summed E-state index contributed by atoms with van der Waals surface area (Å²) in [5.74, 6) is 2.09. The van der Waals surface area contributed by atoms with Crippen LogP contribution in [-0.2, 0) is 6.54 Å². The van der Waals surface area contributed by atoms with Crippen molar-refractivity contribution in [3.05, 3.63) is 48.0 Å². The van der Waals surface area contributed by atoms with E-state index in [1.165, 1.54) is 0 Å². The van der Waals surface area contributed by atoms with Gasteiger partial charge in [-0.25, -0.2) is 4.79 Å². The number of hydrogen-bond donors (Lipinski definition) is 2. The second-order valence-electron chi connectivity index (χ2n) is 5.02. The Morgan fingerprint density at radius 2 is 1.96 bits per heavy atom. The second kappa shape index (κ2) is 6.91. The summed E-state index contributed by atoms with van der Waals surface area (Å²) in [5.41, 5.74) is 1.61. The third-order valence-electron chi connectivity index (χ3n) is 3.39. The molecule has 0 aromatic heterocycles. The van der Waals surface area contributed by atoms with Gasteiger partial charge in [-0.2, -0.15) is 0 Å². The van der Waals surface area contributed by atoms with Gasteiger partial charge in [-0.1, -0.05) is 12.1 Å². The lowest BCUT2D eigenvalue weighted by atomic mass is 10.2. The second-order valence-corrected chi connectivity index (χ2v) is 5.02. The van der Waals surface area contributed by atoms with Crippen LogP contribution in [0.15, 0.2) is 42.5 Å². The highest BCUT2D eigenvalue weighted by atomic mass is 16.6. The van der Waals surface area contributed by atoms with Gasteiger partial charge in [0.25, 0.3) is 0 Å². The van der Waals surface area contributed by atoms with Crippen molar-refractivity contribution in [1.82, 2.24) is 5.32 Å². The third-order valence-corrected chi connectivity index (χ3v) is 3.39. The van der Waals surface area contributed by atoms with Gasteiger partial charge in [0, 0.05) is 18.3 Å². The standard InChI is InChI=1S/C17H18N2O4/c1-21-14-4-2-3-12(9-14)11-18-17(20)19-13-5-6-15-16(10-13)23-8-7-22-15/h2-6,9-10H,7-8,11H2,1H3,(H2,18,19,20). The zero-order chi connectivity index (χ0) is 16.1. The fraction of sp³-hybridized carbons (Fsp3) is 0.235. The first-order chi connectivity index (χ1) is 11.2. The van der Waals surface area contributed by atoms with Crippen molar-refractivity contribution in [2.24, 2.45) is 0 Å². The quantitative estimate of drug-likeness (QED) is 0.910. The fourth-order valence-electron chi connectivity index (χ4n) is 2.26. The van der Waals surface area contributed by atoms with Crippen molar-refractivity contribution in [1.29, 1.82) is 0 Å². The van der Waals surface area contributed by atoms with Crippen LogP contribution >= 0.6 is 0 Å². The first kappa shape index (κ1) is 15.0. The van der Waals surface area contributed by atoms with E-state index in [-0.39, 0.29) is 6.03 Å². The molecule has 1 aliphatic rings. The van der Waals surface area contributed by atoms with Gasteiger partial charge < -0.3 is 24.8 Å². The minimum Gasteiger partial charge on any atom is -0.497 e. The average Bonchev–Trinajstić information content (AvgIpc) is 2.60. The Morgan fingerprint density at radius 3 is 2.78 bits per heavy atom. The smallest absolute Gasteiger partial charge is 0.319 e. The van der Waals surface area contributed by atoms with Crippen LogP contribution in [-0.4, -0.2) is 26.4 Å². The minimum absolute atomic E-state index is 0.288. The first-order valence-electron chi connectivity index (χ1n) is 7.32. The number of ether oxygens (including phenoxy) is 3. The molecule has 1 aliphatic heterocycles. The highest BCUT2D eigenvalue weighted by Gasteiger charge is 2.12. The van der Waals surface area contributed by atoms with Crippen molar-refractivity contribution in [2.75, 3.05) is 25.6 Å². The van der Waals surface area contributed by atoms with Crippen LogP contribution in [0.25, 0.3) is 0 Å². The lowest BCUT2D eigenvalue weighted by molar-refractivity contribution is 0.171. The molecule has 0 spiro atoms. The van der Waals surface area contributed by atoms with Crippen LogP contribution in [0.4, 0.5) is 10.5 Å². The van der Waals surface area contributed by atoms with Gasteiger partial charge in [-0.05, 0) is 29.8 Å². The Balaban J connectivity index is 1.56. The lowest BCUT2D eigenvalue weighted by Crippen LogP contribution is -2.28. The van der Waals surface area contributed by atoms with Gasteiger partial charge in [-0.3, -0.25) is 0 Å². The Labute approximate surface area is 134 Å². The summed E-state index contributed by atoms with van der Waals surface area (Å²) in [5, 5.41) is 5.58. The molecular weight excluding hydrogens is 296 g/mol. The first-order valence-corrected chi connectivity index (χ1v) is 7.32. The van der Waals surface area contributed by atoms with Crippen LogP contribution in [0.1, 0.15) is 5.56 Å². The monoisotopic (exact) mass is 314 g/mol. The zero-order valence-corrected chi connectivity index (χ0v) is 12.8. The number of hydrogen-bond acceptors (Lipinski definition) is 4. The molecule has 0 unspecified atom stereocenters. The summed E-state index contributed by atoms with van der Waals surface area (Å²) in [4.78, 5) is 12.0. The highest BCUT2D eigenvalue weighted by molar-refractivity contribution is 5.89. The number of carbonyl (C=O) groups excluding carboxylic acids is 1. The predicted molar refractivity (Wildman–Crippen MR) is 86.3 cm³/mol. The number of anilines is 1. The Kier molecular flexibility index (Phi) is 4.52. The van der Waals surface area contributed by atoms with Crippen molar-refractivity contribution in [3.8, 4) is 17.2 Å². The Bertz CT molecular complexity index is 703. The van der Waals surface area contributed by atoms with E-state index in [1.54, 1.807) is 25.3 Å². The minimum atomic E-state index is -0.288. The Hall–Kier alpha value is -2.89. The number of rotatable bonds is 4. The predicted octanol–water partition coefficient (Wildman–Crippen LogP) is 2.79. The molecule has 6 heteroatoms. The number of amides is 2. The maximum Gasteiger partial charge on any atom is 0.319 e. The van der Waals surface area contributed by atoms with E-state index in [4.69, 9.17) is 14.2 Å². The van der Waals surface area contributed by atoms with E-state index >= 15 is 0 Å². The van der Waals surface area contributed by atoms with Gasteiger partial charge in [0.1, 0.15) is 19.0 Å². The number of benzene rings is 2. The summed E-state index contributed by atoms with van der Waals surface area (Å²) in [6.07, 6.45) is 0. The van der Waals surface area contributed by atoms with Gasteiger partial charge in [0.2, 0.25) is 0 Å². The highest BCUT2D eigenvalue weighted by Crippen LogP contribution is 2.32. The molecule has 2 aromatic carbocycles. The van der Waals surface area contributed by atoms with Gasteiger partial charge in [-0.15, -0.1) is 0 Å². The molecule has 2 amide bonds. The number of methoxy groups -OCH3 is 1. The largest absolute Gasteiger partial charge is 0.497 e. The molecule has 120 valence electrons. The molecule has 3 rings (SSSR count). The molecular formula is C17H18N2O4. The normalized spacial score (nSPS) is 12.4. The molecule has 0 saturated carbocycles. The number of carbonyl (C=O) groups is 1. The molecule has 0 radical (unpaired) electrons. The van der Waals surface area contributed by atoms with Crippen molar-refractivity contribution in [2.45, 2.75) is 6.54 Å². The van der Waals surface area contributed by atoms with E-state index in [9.17, 15) is 4.79 Å². The lowest BCUT2D eigenvalue weighted by Gasteiger charge is -2.19.